The number of amides is 3. The van der Waals surface area contributed by atoms with Gasteiger partial charge in [-0.25, -0.2) is 0 Å². The number of hydrogen-bond acceptors (Lipinski definition) is 8. The predicted octanol–water partition coefficient (Wildman–Crippen LogP) is 2.00. The van der Waals surface area contributed by atoms with Gasteiger partial charge in [-0.3, -0.25) is 23.8 Å². The van der Waals surface area contributed by atoms with E-state index < -0.39 is 33.8 Å². The third-order valence-corrected chi connectivity index (χ3v) is 6.30. The Labute approximate surface area is 187 Å². The zero-order valence-corrected chi connectivity index (χ0v) is 17.7. The lowest BCUT2D eigenvalue weighted by molar-refractivity contribution is -0.137. The molecule has 0 fully saturated rings. The quantitative estimate of drug-likeness (QED) is 0.256. The highest BCUT2D eigenvalue weighted by Crippen LogP contribution is 2.46. The molecule has 0 saturated carbocycles. The van der Waals surface area contributed by atoms with Crippen molar-refractivity contribution < 1.29 is 32.2 Å². The van der Waals surface area contributed by atoms with Crippen LogP contribution in [0.3, 0.4) is 0 Å². The molecule has 2 aromatic rings. The molecule has 2 aliphatic rings. The number of anilines is 1. The number of nitrogens with one attached hydrogen (secondary N) is 1. The molecule has 170 valence electrons. The van der Waals surface area contributed by atoms with Crippen molar-refractivity contribution in [2.75, 3.05) is 18.5 Å². The lowest BCUT2D eigenvalue weighted by Gasteiger charge is -2.15. The van der Waals surface area contributed by atoms with Crippen LogP contribution in [0.5, 0.6) is 0 Å². The smallest absolute Gasteiger partial charge is 0.294 e. The Balaban J connectivity index is 1.56. The Morgan fingerprint density at radius 3 is 2.33 bits per heavy atom. The van der Waals surface area contributed by atoms with Gasteiger partial charge in [-0.05, 0) is 46.5 Å². The highest BCUT2D eigenvalue weighted by molar-refractivity contribution is 7.85. The van der Waals surface area contributed by atoms with Gasteiger partial charge in [0, 0.05) is 36.7 Å². The van der Waals surface area contributed by atoms with Crippen LogP contribution in [0.15, 0.2) is 58.8 Å². The fourth-order valence-electron chi connectivity index (χ4n) is 3.95. The van der Waals surface area contributed by atoms with E-state index in [1.165, 1.54) is 12.1 Å². The van der Waals surface area contributed by atoms with E-state index in [-0.39, 0.29) is 24.5 Å². The number of carbonyl (C=O) groups is 3. The number of benzene rings is 2. The van der Waals surface area contributed by atoms with Crippen molar-refractivity contribution in [1.29, 1.82) is 0 Å². The summed E-state index contributed by atoms with van der Waals surface area (Å²) in [6.45, 7) is -0.241. The molecule has 11 nitrogen and oxygen atoms in total. The van der Waals surface area contributed by atoms with Crippen molar-refractivity contribution >= 4 is 33.5 Å². The van der Waals surface area contributed by atoms with E-state index in [4.69, 9.17) is 0 Å². The maximum Gasteiger partial charge on any atom is 0.294 e. The molecular weight excluding hydrogens is 454 g/mol. The first-order valence-corrected chi connectivity index (χ1v) is 11.2. The Kier molecular flexibility index (Phi) is 5.78. The van der Waals surface area contributed by atoms with E-state index >= 15 is 0 Å². The van der Waals surface area contributed by atoms with Crippen LogP contribution in [0.2, 0.25) is 0 Å². The summed E-state index contributed by atoms with van der Waals surface area (Å²) < 4.78 is 32.5. The van der Waals surface area contributed by atoms with Gasteiger partial charge in [-0.15, -0.1) is 4.91 Å². The Bertz CT molecular complexity index is 1300. The standard InChI is InChI=1S/C21H17N3O8S/c25-19(7-8-24-20(26)5-6-21(24)27)22-12-1-3-14-15-4-2-13(33(29,30)31)10-17(15)18(11-32-23-28)16(14)9-12/h1-6,9-10,18H,7-8,11H2,(H,22,25)(H,29,30,31). The van der Waals surface area contributed by atoms with Crippen LogP contribution in [-0.4, -0.2) is 48.7 Å². The molecule has 0 bridgehead atoms. The van der Waals surface area contributed by atoms with E-state index in [2.05, 4.69) is 15.5 Å². The molecule has 33 heavy (non-hydrogen) atoms. The average Bonchev–Trinajstić information content (AvgIpc) is 3.25. The van der Waals surface area contributed by atoms with Crippen LogP contribution < -0.4 is 5.32 Å². The number of hydrogen-bond donors (Lipinski definition) is 2. The molecule has 1 heterocycles. The molecule has 3 amide bonds. The molecule has 1 unspecified atom stereocenters. The molecule has 1 aliphatic carbocycles. The normalized spacial score (nSPS) is 16.5. The molecule has 12 heteroatoms. The summed E-state index contributed by atoms with van der Waals surface area (Å²) in [6, 6.07) is 9.15. The highest BCUT2D eigenvalue weighted by Gasteiger charge is 2.31. The maximum absolute atomic E-state index is 12.4. The van der Waals surface area contributed by atoms with Gasteiger partial charge in [0.2, 0.25) is 5.91 Å². The number of imide groups is 1. The number of nitrogens with zero attached hydrogens (tertiary/aromatic N) is 2. The fraction of sp³-hybridized carbons (Fsp3) is 0.190. The van der Waals surface area contributed by atoms with E-state index in [0.717, 1.165) is 22.6 Å². The zero-order chi connectivity index (χ0) is 23.8. The lowest BCUT2D eigenvalue weighted by atomic mass is 9.97. The van der Waals surface area contributed by atoms with Gasteiger partial charge in [-0.1, -0.05) is 12.1 Å². The van der Waals surface area contributed by atoms with E-state index in [0.29, 0.717) is 22.4 Å². The minimum atomic E-state index is -4.44. The molecule has 4 rings (SSSR count). The molecule has 0 radical (unpaired) electrons. The molecule has 1 aliphatic heterocycles. The third kappa shape index (κ3) is 4.38. The second-order valence-corrected chi connectivity index (χ2v) is 8.83. The van der Waals surface area contributed by atoms with Crippen molar-refractivity contribution in [2.24, 2.45) is 5.34 Å². The molecule has 2 aromatic carbocycles. The van der Waals surface area contributed by atoms with E-state index in [1.54, 1.807) is 24.3 Å². The van der Waals surface area contributed by atoms with Gasteiger partial charge >= 0.3 is 0 Å². The predicted molar refractivity (Wildman–Crippen MR) is 114 cm³/mol. The van der Waals surface area contributed by atoms with Crippen LogP contribution in [0, 0.1) is 4.91 Å². The summed E-state index contributed by atoms with van der Waals surface area (Å²) in [4.78, 5) is 51.4. The van der Waals surface area contributed by atoms with Gasteiger partial charge in [-0.2, -0.15) is 8.42 Å². The molecular formula is C21H17N3O8S. The molecule has 0 saturated heterocycles. The summed E-state index contributed by atoms with van der Waals surface area (Å²) in [5.74, 6) is -1.94. The second kappa shape index (κ2) is 8.56. The van der Waals surface area contributed by atoms with Gasteiger partial charge in [0.05, 0.1) is 4.90 Å². The van der Waals surface area contributed by atoms with Crippen LogP contribution in [0.1, 0.15) is 23.5 Å². The summed E-state index contributed by atoms with van der Waals surface area (Å²) in [7, 11) is -4.44. The van der Waals surface area contributed by atoms with Gasteiger partial charge in [0.1, 0.15) is 6.61 Å². The van der Waals surface area contributed by atoms with Gasteiger partial charge < -0.3 is 10.2 Å². The summed E-state index contributed by atoms with van der Waals surface area (Å²) >= 11 is 0. The monoisotopic (exact) mass is 471 g/mol. The number of rotatable bonds is 8. The van der Waals surface area contributed by atoms with Gasteiger partial charge in [0.25, 0.3) is 21.9 Å². The molecule has 0 spiro atoms. The van der Waals surface area contributed by atoms with Crippen LogP contribution in [0.4, 0.5) is 5.69 Å². The number of carbonyl (C=O) groups excluding carboxylic acids is 3. The third-order valence-electron chi connectivity index (χ3n) is 5.45. The fourth-order valence-corrected chi connectivity index (χ4v) is 4.47. The topological polar surface area (TPSA) is 160 Å². The molecule has 2 N–H and O–H groups in total. The summed E-state index contributed by atoms with van der Waals surface area (Å²) in [5.41, 5.74) is 3.03. The van der Waals surface area contributed by atoms with Crippen molar-refractivity contribution in [1.82, 2.24) is 4.90 Å². The molecule has 0 aromatic heterocycles. The van der Waals surface area contributed by atoms with Crippen LogP contribution in [-0.2, 0) is 29.3 Å². The van der Waals surface area contributed by atoms with Crippen molar-refractivity contribution in [3.63, 3.8) is 0 Å². The minimum Gasteiger partial charge on any atom is -0.363 e. The highest BCUT2D eigenvalue weighted by atomic mass is 32.2. The average molecular weight is 471 g/mol. The maximum atomic E-state index is 12.4. The van der Waals surface area contributed by atoms with Crippen molar-refractivity contribution in [3.05, 3.63) is 64.6 Å². The second-order valence-electron chi connectivity index (χ2n) is 7.41. The first kappa shape index (κ1) is 22.3. The Morgan fingerprint density at radius 1 is 1.06 bits per heavy atom. The van der Waals surface area contributed by atoms with Crippen molar-refractivity contribution in [2.45, 2.75) is 17.2 Å². The SMILES string of the molecule is O=NOCC1c2cc(NC(=O)CCN3C(=O)C=CC3=O)ccc2-c2ccc(S(=O)(=O)O)cc21. The van der Waals surface area contributed by atoms with Gasteiger partial charge in [0.15, 0.2) is 5.34 Å². The minimum absolute atomic E-state index is 0.0627. The van der Waals surface area contributed by atoms with Crippen molar-refractivity contribution in [3.8, 4) is 11.1 Å². The first-order valence-electron chi connectivity index (χ1n) is 9.73. The number of fused-ring (bicyclic) bond motifs is 3. The van der Waals surface area contributed by atoms with E-state index in [9.17, 15) is 32.3 Å². The van der Waals surface area contributed by atoms with E-state index in [1.807, 2.05) is 0 Å². The first-order chi connectivity index (χ1) is 15.7. The Morgan fingerprint density at radius 2 is 1.70 bits per heavy atom. The summed E-state index contributed by atoms with van der Waals surface area (Å²) in [6.07, 6.45) is 2.18. The summed E-state index contributed by atoms with van der Waals surface area (Å²) in [5, 5.41) is 5.10. The van der Waals surface area contributed by atoms with Crippen LogP contribution in [0.25, 0.3) is 11.1 Å². The van der Waals surface area contributed by atoms with Crippen LogP contribution >= 0.6 is 0 Å². The zero-order valence-electron chi connectivity index (χ0n) is 16.9. The largest absolute Gasteiger partial charge is 0.363 e. The molecule has 1 atom stereocenters. The lowest BCUT2D eigenvalue weighted by Crippen LogP contribution is -2.33. The Hall–Kier alpha value is -3.90.